The van der Waals surface area contributed by atoms with Crippen molar-refractivity contribution in [2.45, 2.75) is 18.7 Å². The summed E-state index contributed by atoms with van der Waals surface area (Å²) in [6.45, 7) is 0. The summed E-state index contributed by atoms with van der Waals surface area (Å²) in [5, 5.41) is 19.3. The van der Waals surface area contributed by atoms with Crippen LogP contribution in [0.4, 0.5) is 13.2 Å². The number of phenolic OH excluding ortho intramolecular Hbond substituents is 1. The molecule has 0 aromatic heterocycles. The average molecular weight is 361 g/mol. The first kappa shape index (κ1) is 15.9. The molecule has 2 nitrogen and oxygen atoms in total. The van der Waals surface area contributed by atoms with Crippen molar-refractivity contribution < 1.29 is 23.4 Å². The average Bonchev–Trinajstić information content (AvgIpc) is 2.40. The molecule has 0 bridgehead atoms. The van der Waals surface area contributed by atoms with Crippen molar-refractivity contribution >= 4 is 15.9 Å². The molecule has 0 aliphatic carbocycles. The van der Waals surface area contributed by atoms with Crippen molar-refractivity contribution in [3.05, 3.63) is 63.6 Å². The van der Waals surface area contributed by atoms with Crippen LogP contribution >= 0.6 is 15.9 Å². The Morgan fingerprint density at radius 2 is 1.67 bits per heavy atom. The predicted octanol–water partition coefficient (Wildman–Crippen LogP) is 4.45. The van der Waals surface area contributed by atoms with Gasteiger partial charge in [-0.25, -0.2) is 0 Å². The van der Waals surface area contributed by atoms with Gasteiger partial charge in [0, 0.05) is 10.9 Å². The lowest BCUT2D eigenvalue weighted by molar-refractivity contribution is -0.139. The number of alkyl halides is 3. The molecule has 0 aliphatic heterocycles. The van der Waals surface area contributed by atoms with E-state index in [1.165, 1.54) is 24.3 Å². The summed E-state index contributed by atoms with van der Waals surface area (Å²) in [7, 11) is 0. The number of benzene rings is 2. The number of aromatic hydroxyl groups is 1. The fourth-order valence-corrected chi connectivity index (χ4v) is 2.39. The molecule has 1 unspecified atom stereocenters. The van der Waals surface area contributed by atoms with Gasteiger partial charge >= 0.3 is 6.18 Å². The molecule has 0 radical (unpaired) electrons. The van der Waals surface area contributed by atoms with Crippen molar-refractivity contribution in [3.63, 3.8) is 0 Å². The lowest BCUT2D eigenvalue weighted by Crippen LogP contribution is -2.13. The second-order valence-corrected chi connectivity index (χ2v) is 5.53. The number of halogens is 4. The minimum Gasteiger partial charge on any atom is -0.508 e. The Hall–Kier alpha value is -1.53. The monoisotopic (exact) mass is 360 g/mol. The van der Waals surface area contributed by atoms with Gasteiger partial charge in [-0.3, -0.25) is 0 Å². The molecular weight excluding hydrogens is 349 g/mol. The van der Waals surface area contributed by atoms with E-state index in [9.17, 15) is 23.4 Å². The molecule has 0 heterocycles. The third-order valence-corrected chi connectivity index (χ3v) is 3.54. The van der Waals surface area contributed by atoms with Crippen molar-refractivity contribution in [1.82, 2.24) is 0 Å². The van der Waals surface area contributed by atoms with E-state index >= 15 is 0 Å². The predicted molar refractivity (Wildman–Crippen MR) is 75.9 cm³/mol. The normalized spacial score (nSPS) is 13.2. The van der Waals surface area contributed by atoms with Crippen LogP contribution in [0, 0.1) is 0 Å². The molecule has 0 aliphatic rings. The van der Waals surface area contributed by atoms with Gasteiger partial charge < -0.3 is 10.2 Å². The summed E-state index contributed by atoms with van der Waals surface area (Å²) >= 11 is 3.00. The number of phenols is 1. The maximum absolute atomic E-state index is 13.0. The van der Waals surface area contributed by atoms with Gasteiger partial charge in [0.25, 0.3) is 0 Å². The van der Waals surface area contributed by atoms with Crippen LogP contribution in [0.3, 0.4) is 0 Å². The Kier molecular flexibility index (Phi) is 4.58. The standard InChI is InChI=1S/C15H12BrF3O2/c16-10-3-6-12(13(8-10)15(17,18)19)14(21)7-9-1-4-11(20)5-2-9/h1-6,8,14,20-21H,7H2. The highest BCUT2D eigenvalue weighted by Gasteiger charge is 2.35. The van der Waals surface area contributed by atoms with E-state index < -0.39 is 17.8 Å². The summed E-state index contributed by atoms with van der Waals surface area (Å²) < 4.78 is 39.3. The molecule has 2 rings (SSSR count). The number of aliphatic hydroxyl groups excluding tert-OH is 1. The molecule has 1 atom stereocenters. The fraction of sp³-hybridized carbons (Fsp3) is 0.200. The van der Waals surface area contributed by atoms with Crippen LogP contribution in [0.5, 0.6) is 5.75 Å². The third kappa shape index (κ3) is 3.98. The SMILES string of the molecule is Oc1ccc(CC(O)c2ccc(Br)cc2C(F)(F)F)cc1. The maximum atomic E-state index is 13.0. The van der Waals surface area contributed by atoms with Crippen molar-refractivity contribution in [1.29, 1.82) is 0 Å². The second-order valence-electron chi connectivity index (χ2n) is 4.62. The van der Waals surface area contributed by atoms with Gasteiger partial charge in [-0.2, -0.15) is 13.2 Å². The lowest BCUT2D eigenvalue weighted by Gasteiger charge is -2.18. The van der Waals surface area contributed by atoms with E-state index in [1.54, 1.807) is 12.1 Å². The summed E-state index contributed by atoms with van der Waals surface area (Å²) in [4.78, 5) is 0. The van der Waals surface area contributed by atoms with Gasteiger partial charge in [0.15, 0.2) is 0 Å². The van der Waals surface area contributed by atoms with Crippen LogP contribution in [0.25, 0.3) is 0 Å². The maximum Gasteiger partial charge on any atom is 0.416 e. The molecule has 112 valence electrons. The molecule has 2 aromatic rings. The molecule has 0 saturated heterocycles. The highest BCUT2D eigenvalue weighted by atomic mass is 79.9. The quantitative estimate of drug-likeness (QED) is 0.848. The summed E-state index contributed by atoms with van der Waals surface area (Å²) in [5.41, 5.74) is -0.390. The van der Waals surface area contributed by atoms with E-state index in [2.05, 4.69) is 15.9 Å². The van der Waals surface area contributed by atoms with Gasteiger partial charge in [-0.15, -0.1) is 0 Å². The Morgan fingerprint density at radius 3 is 2.24 bits per heavy atom. The van der Waals surface area contributed by atoms with Gasteiger partial charge in [0.05, 0.1) is 11.7 Å². The molecular formula is C15H12BrF3O2. The minimum absolute atomic E-state index is 0.0327. The summed E-state index contributed by atoms with van der Waals surface area (Å²) in [6.07, 6.45) is -5.78. The number of rotatable bonds is 3. The smallest absolute Gasteiger partial charge is 0.416 e. The molecule has 6 heteroatoms. The van der Waals surface area contributed by atoms with Gasteiger partial charge in [-0.05, 0) is 35.4 Å². The second kappa shape index (κ2) is 6.07. The number of hydrogen-bond acceptors (Lipinski definition) is 2. The number of hydrogen-bond donors (Lipinski definition) is 2. The Labute approximate surface area is 128 Å². The third-order valence-electron chi connectivity index (χ3n) is 3.05. The molecule has 0 amide bonds. The topological polar surface area (TPSA) is 40.5 Å². The Balaban J connectivity index is 2.30. The molecule has 2 aromatic carbocycles. The zero-order chi connectivity index (χ0) is 15.6. The zero-order valence-corrected chi connectivity index (χ0v) is 12.3. The molecule has 0 fully saturated rings. The van der Waals surface area contributed by atoms with E-state index in [0.717, 1.165) is 6.07 Å². The Bertz CT molecular complexity index is 624. The van der Waals surface area contributed by atoms with Gasteiger partial charge in [0.2, 0.25) is 0 Å². The first-order valence-electron chi connectivity index (χ1n) is 6.10. The largest absolute Gasteiger partial charge is 0.508 e. The molecule has 0 saturated carbocycles. The lowest BCUT2D eigenvalue weighted by atomic mass is 9.97. The van der Waals surface area contributed by atoms with Crippen molar-refractivity contribution in [2.75, 3.05) is 0 Å². The zero-order valence-electron chi connectivity index (χ0n) is 10.7. The van der Waals surface area contributed by atoms with E-state index in [0.29, 0.717) is 10.0 Å². The first-order valence-corrected chi connectivity index (χ1v) is 6.89. The van der Waals surface area contributed by atoms with Crippen LogP contribution in [0.2, 0.25) is 0 Å². The molecule has 2 N–H and O–H groups in total. The van der Waals surface area contributed by atoms with Crippen LogP contribution in [0.1, 0.15) is 22.8 Å². The van der Waals surface area contributed by atoms with Crippen molar-refractivity contribution in [3.8, 4) is 5.75 Å². The summed E-state index contributed by atoms with van der Waals surface area (Å²) in [6, 6.07) is 9.65. The van der Waals surface area contributed by atoms with Crippen LogP contribution in [0.15, 0.2) is 46.9 Å². The van der Waals surface area contributed by atoms with Gasteiger partial charge in [0.1, 0.15) is 5.75 Å². The minimum atomic E-state index is -4.53. The Morgan fingerprint density at radius 1 is 1.05 bits per heavy atom. The van der Waals surface area contributed by atoms with Gasteiger partial charge in [-0.1, -0.05) is 34.1 Å². The highest BCUT2D eigenvalue weighted by molar-refractivity contribution is 9.10. The van der Waals surface area contributed by atoms with E-state index in [-0.39, 0.29) is 17.7 Å². The fourth-order valence-electron chi connectivity index (χ4n) is 2.03. The first-order chi connectivity index (χ1) is 9.77. The van der Waals surface area contributed by atoms with Crippen LogP contribution in [-0.4, -0.2) is 10.2 Å². The van der Waals surface area contributed by atoms with Crippen LogP contribution < -0.4 is 0 Å². The number of aliphatic hydroxyl groups is 1. The van der Waals surface area contributed by atoms with Crippen molar-refractivity contribution in [2.24, 2.45) is 0 Å². The summed E-state index contributed by atoms with van der Waals surface area (Å²) in [5.74, 6) is 0.0628. The van der Waals surface area contributed by atoms with Crippen LogP contribution in [-0.2, 0) is 12.6 Å². The van der Waals surface area contributed by atoms with E-state index in [4.69, 9.17) is 0 Å². The molecule has 21 heavy (non-hydrogen) atoms. The molecule has 0 spiro atoms. The highest BCUT2D eigenvalue weighted by Crippen LogP contribution is 2.37. The van der Waals surface area contributed by atoms with E-state index in [1.807, 2.05) is 0 Å².